The van der Waals surface area contributed by atoms with Crippen LogP contribution in [0.2, 0.25) is 0 Å². The Morgan fingerprint density at radius 1 is 0.500 bits per heavy atom. The van der Waals surface area contributed by atoms with Gasteiger partial charge in [-0.2, -0.15) is 0 Å². The minimum atomic E-state index is -0.155. The number of esters is 1. The molecule has 0 radical (unpaired) electrons. The van der Waals surface area contributed by atoms with Crippen molar-refractivity contribution in [3.05, 3.63) is 0 Å². The number of hydrogen-bond donors (Lipinski definition) is 1. The van der Waals surface area contributed by atoms with Gasteiger partial charge in [-0.1, -0.05) is 19.8 Å². The fourth-order valence-electron chi connectivity index (χ4n) is 2.62. The van der Waals surface area contributed by atoms with Gasteiger partial charge in [-0.3, -0.25) is 4.79 Å². The van der Waals surface area contributed by atoms with Gasteiger partial charge in [-0.15, -0.1) is 0 Å². The van der Waals surface area contributed by atoms with E-state index in [-0.39, 0.29) is 12.6 Å². The molecule has 1 N–H and O–H groups in total. The van der Waals surface area contributed by atoms with E-state index in [0.717, 1.165) is 25.8 Å². The minimum absolute atomic E-state index is 0.155. The lowest BCUT2D eigenvalue weighted by atomic mass is 10.2. The van der Waals surface area contributed by atoms with Crippen LogP contribution in [0.5, 0.6) is 0 Å². The van der Waals surface area contributed by atoms with E-state index in [4.69, 9.17) is 42.6 Å². The quantitative estimate of drug-likeness (QED) is 0.105. The summed E-state index contributed by atoms with van der Waals surface area (Å²) in [6.45, 7) is 11.6. The number of nitrogens with one attached hydrogen (secondary N) is 1. The van der Waals surface area contributed by atoms with Crippen molar-refractivity contribution in [3.8, 4) is 0 Å². The van der Waals surface area contributed by atoms with Crippen molar-refractivity contribution >= 4 is 5.97 Å². The summed E-state index contributed by atoms with van der Waals surface area (Å²) in [5, 5.41) is 3.01. The summed E-state index contributed by atoms with van der Waals surface area (Å²) in [7, 11) is 1.89. The van der Waals surface area contributed by atoms with Crippen LogP contribution in [0.3, 0.4) is 0 Å². The van der Waals surface area contributed by atoms with Crippen molar-refractivity contribution in [2.45, 2.75) is 32.6 Å². The first-order valence-corrected chi connectivity index (χ1v) is 13.2. The number of rotatable bonds is 31. The monoisotopic (exact) mass is 525 g/mol. The van der Waals surface area contributed by atoms with Crippen molar-refractivity contribution in [1.29, 1.82) is 0 Å². The summed E-state index contributed by atoms with van der Waals surface area (Å²) in [5.74, 6) is -0.155. The zero-order valence-corrected chi connectivity index (χ0v) is 22.6. The first kappa shape index (κ1) is 35.1. The molecule has 0 aliphatic rings. The molecule has 0 spiro atoms. The predicted molar refractivity (Wildman–Crippen MR) is 136 cm³/mol. The Labute approximate surface area is 217 Å². The average Bonchev–Trinajstić information content (AvgIpc) is 2.88. The Morgan fingerprint density at radius 3 is 1.17 bits per heavy atom. The molecule has 0 amide bonds. The summed E-state index contributed by atoms with van der Waals surface area (Å²) in [5.41, 5.74) is 0. The van der Waals surface area contributed by atoms with E-state index in [2.05, 4.69) is 12.2 Å². The summed E-state index contributed by atoms with van der Waals surface area (Å²) in [6.07, 6.45) is 3.51. The van der Waals surface area contributed by atoms with Crippen molar-refractivity contribution in [2.24, 2.45) is 0 Å². The standard InChI is InChI=1S/C25H51NO10/c1-3-4-5-6-25(27)36-24-23-35-22-21-34-20-19-33-18-17-32-16-15-31-14-13-30-12-11-29-10-9-28-8-7-26-2/h26H,3-24H2,1-2H3. The van der Waals surface area contributed by atoms with Gasteiger partial charge < -0.3 is 47.9 Å². The zero-order chi connectivity index (χ0) is 26.2. The maximum absolute atomic E-state index is 11.4. The van der Waals surface area contributed by atoms with Crippen molar-refractivity contribution in [3.63, 3.8) is 0 Å². The third kappa shape index (κ3) is 31.1. The lowest BCUT2D eigenvalue weighted by Crippen LogP contribution is -2.17. The van der Waals surface area contributed by atoms with Crippen LogP contribution in [0, 0.1) is 0 Å². The van der Waals surface area contributed by atoms with Crippen LogP contribution in [0.1, 0.15) is 32.6 Å². The number of ether oxygens (including phenoxy) is 9. The molecule has 0 aliphatic heterocycles. The Balaban J connectivity index is 3.06. The molecular weight excluding hydrogens is 474 g/mol. The second-order valence-corrected chi connectivity index (χ2v) is 7.68. The molecule has 0 aliphatic carbocycles. The smallest absolute Gasteiger partial charge is 0.305 e. The maximum atomic E-state index is 11.4. The third-order valence-electron chi connectivity index (χ3n) is 4.58. The van der Waals surface area contributed by atoms with Crippen LogP contribution in [0.4, 0.5) is 0 Å². The Kier molecular flexibility index (Phi) is 31.3. The molecule has 0 unspecified atom stereocenters. The zero-order valence-electron chi connectivity index (χ0n) is 22.6. The largest absolute Gasteiger partial charge is 0.463 e. The summed E-state index contributed by atoms with van der Waals surface area (Å²) < 4.78 is 48.4. The Hall–Kier alpha value is -0.890. The topological polar surface area (TPSA) is 112 Å². The molecule has 0 saturated carbocycles. The van der Waals surface area contributed by atoms with Crippen LogP contribution in [0.25, 0.3) is 0 Å². The van der Waals surface area contributed by atoms with E-state index in [0.29, 0.717) is 112 Å². The number of unbranched alkanes of at least 4 members (excludes halogenated alkanes) is 2. The molecule has 0 atom stereocenters. The SMILES string of the molecule is CCCCCC(=O)OCCOCCOCCOCCOCCOCCOCCOCCOCCNC. The van der Waals surface area contributed by atoms with Crippen LogP contribution in [0.15, 0.2) is 0 Å². The summed E-state index contributed by atoms with van der Waals surface area (Å²) in [4.78, 5) is 11.4. The molecule has 0 heterocycles. The second-order valence-electron chi connectivity index (χ2n) is 7.68. The van der Waals surface area contributed by atoms with Gasteiger partial charge in [0.25, 0.3) is 0 Å². The minimum Gasteiger partial charge on any atom is -0.463 e. The normalized spacial score (nSPS) is 11.3. The number of likely N-dealkylation sites (N-methyl/N-ethyl adjacent to an activating group) is 1. The van der Waals surface area contributed by atoms with E-state index in [1.807, 2.05) is 7.05 Å². The molecule has 0 aromatic heterocycles. The van der Waals surface area contributed by atoms with Crippen molar-refractivity contribution < 1.29 is 47.4 Å². The molecule has 216 valence electrons. The summed E-state index contributed by atoms with van der Waals surface area (Å²) >= 11 is 0. The lowest BCUT2D eigenvalue weighted by molar-refractivity contribution is -0.145. The fourth-order valence-corrected chi connectivity index (χ4v) is 2.62. The third-order valence-corrected chi connectivity index (χ3v) is 4.58. The molecule has 0 aromatic carbocycles. The van der Waals surface area contributed by atoms with Crippen molar-refractivity contribution in [2.75, 3.05) is 126 Å². The summed E-state index contributed by atoms with van der Waals surface area (Å²) in [6, 6.07) is 0. The van der Waals surface area contributed by atoms with Crippen LogP contribution in [-0.2, 0) is 47.4 Å². The Bertz CT molecular complexity index is 432. The number of carbonyl (C=O) groups excluding carboxylic acids is 1. The van der Waals surface area contributed by atoms with Gasteiger partial charge in [0.1, 0.15) is 6.61 Å². The first-order chi connectivity index (χ1) is 17.8. The van der Waals surface area contributed by atoms with Crippen molar-refractivity contribution in [1.82, 2.24) is 5.32 Å². The highest BCUT2D eigenvalue weighted by atomic mass is 16.6. The van der Waals surface area contributed by atoms with E-state index in [9.17, 15) is 4.79 Å². The fraction of sp³-hybridized carbons (Fsp3) is 0.960. The average molecular weight is 526 g/mol. The van der Waals surface area contributed by atoms with E-state index in [1.54, 1.807) is 0 Å². The van der Waals surface area contributed by atoms with Gasteiger partial charge in [0.2, 0.25) is 0 Å². The second kappa shape index (κ2) is 32.1. The highest BCUT2D eigenvalue weighted by Crippen LogP contribution is 2.00. The number of carbonyl (C=O) groups is 1. The highest BCUT2D eigenvalue weighted by molar-refractivity contribution is 5.69. The van der Waals surface area contributed by atoms with E-state index < -0.39 is 0 Å². The van der Waals surface area contributed by atoms with Crippen LogP contribution < -0.4 is 5.32 Å². The van der Waals surface area contributed by atoms with Gasteiger partial charge in [0.05, 0.1) is 106 Å². The molecule has 0 aromatic rings. The van der Waals surface area contributed by atoms with Crippen LogP contribution in [-0.4, -0.2) is 132 Å². The van der Waals surface area contributed by atoms with Crippen LogP contribution >= 0.6 is 0 Å². The first-order valence-electron chi connectivity index (χ1n) is 13.2. The molecule has 0 saturated heterocycles. The molecule has 0 bridgehead atoms. The Morgan fingerprint density at radius 2 is 0.833 bits per heavy atom. The van der Waals surface area contributed by atoms with Gasteiger partial charge in [-0.05, 0) is 13.5 Å². The van der Waals surface area contributed by atoms with Gasteiger partial charge >= 0.3 is 5.97 Å². The molecule has 0 fully saturated rings. The molecule has 0 rings (SSSR count). The van der Waals surface area contributed by atoms with E-state index >= 15 is 0 Å². The van der Waals surface area contributed by atoms with E-state index in [1.165, 1.54) is 0 Å². The molecular formula is C25H51NO10. The molecule has 36 heavy (non-hydrogen) atoms. The highest BCUT2D eigenvalue weighted by Gasteiger charge is 2.01. The molecule has 11 heteroatoms. The molecule has 11 nitrogen and oxygen atoms in total. The van der Waals surface area contributed by atoms with Gasteiger partial charge in [-0.25, -0.2) is 0 Å². The lowest BCUT2D eigenvalue weighted by Gasteiger charge is -2.09. The maximum Gasteiger partial charge on any atom is 0.305 e. The predicted octanol–water partition coefficient (Wildman–Crippen LogP) is 1.46. The number of hydrogen-bond acceptors (Lipinski definition) is 11. The van der Waals surface area contributed by atoms with Gasteiger partial charge in [0, 0.05) is 13.0 Å². The van der Waals surface area contributed by atoms with Gasteiger partial charge in [0.15, 0.2) is 0 Å².